The topological polar surface area (TPSA) is 53.1 Å². The second kappa shape index (κ2) is 4.67. The molecule has 0 spiro atoms. The van der Waals surface area contributed by atoms with Crippen molar-refractivity contribution in [3.05, 3.63) is 18.2 Å². The summed E-state index contributed by atoms with van der Waals surface area (Å²) < 4.78 is 8.08. The Morgan fingerprint density at radius 3 is 3.00 bits per heavy atom. The van der Waals surface area contributed by atoms with Gasteiger partial charge in [0.15, 0.2) is 0 Å². The van der Waals surface area contributed by atoms with E-state index in [9.17, 15) is 0 Å². The summed E-state index contributed by atoms with van der Waals surface area (Å²) >= 11 is 0. The molecule has 1 aromatic heterocycles. The zero-order valence-electron chi connectivity index (χ0n) is 11.1. The highest BCUT2D eigenvalue weighted by atomic mass is 16.5. The quantitative estimate of drug-likeness (QED) is 0.860. The summed E-state index contributed by atoms with van der Waals surface area (Å²) in [5.74, 6) is 1.93. The summed E-state index contributed by atoms with van der Waals surface area (Å²) in [6.07, 6.45) is 10.2. The fraction of sp³-hybridized carbons (Fsp3) is 0.786. The Balaban J connectivity index is 1.69. The van der Waals surface area contributed by atoms with Crippen LogP contribution in [0.2, 0.25) is 0 Å². The number of hydrogen-bond donors (Lipinski definition) is 1. The summed E-state index contributed by atoms with van der Waals surface area (Å²) in [5, 5.41) is 0. The molecule has 3 rings (SSSR count). The van der Waals surface area contributed by atoms with Gasteiger partial charge in [0.25, 0.3) is 0 Å². The molecule has 4 nitrogen and oxygen atoms in total. The van der Waals surface area contributed by atoms with Gasteiger partial charge in [-0.3, -0.25) is 0 Å². The van der Waals surface area contributed by atoms with E-state index in [1.54, 1.807) is 0 Å². The molecular weight excluding hydrogens is 226 g/mol. The first-order valence-corrected chi connectivity index (χ1v) is 7.03. The Bertz CT molecular complexity index is 413. The highest BCUT2D eigenvalue weighted by Crippen LogP contribution is 2.49. The van der Waals surface area contributed by atoms with E-state index in [4.69, 9.17) is 10.5 Å². The molecule has 2 fully saturated rings. The molecule has 0 amide bonds. The first-order valence-electron chi connectivity index (χ1n) is 7.03. The first-order chi connectivity index (χ1) is 8.75. The maximum absolute atomic E-state index is 6.10. The van der Waals surface area contributed by atoms with Crippen LogP contribution < -0.4 is 5.73 Å². The van der Waals surface area contributed by atoms with Crippen molar-refractivity contribution in [1.82, 2.24) is 9.55 Å². The van der Waals surface area contributed by atoms with Crippen molar-refractivity contribution < 1.29 is 4.74 Å². The SMILES string of the molecule is Cn1ccnc1CCC1(CN)CCOC1C1CC1. The Labute approximate surface area is 109 Å². The number of nitrogens with zero attached hydrogens (tertiary/aromatic N) is 2. The van der Waals surface area contributed by atoms with Crippen molar-refractivity contribution >= 4 is 0 Å². The predicted octanol–water partition coefficient (Wildman–Crippen LogP) is 1.50. The van der Waals surface area contributed by atoms with Gasteiger partial charge in [0.05, 0.1) is 6.10 Å². The average Bonchev–Trinajstić information content (AvgIpc) is 3.01. The van der Waals surface area contributed by atoms with Gasteiger partial charge in [0.1, 0.15) is 5.82 Å². The van der Waals surface area contributed by atoms with Gasteiger partial charge in [-0.1, -0.05) is 0 Å². The molecule has 0 bridgehead atoms. The molecule has 1 aliphatic heterocycles. The van der Waals surface area contributed by atoms with Crippen LogP contribution in [0.15, 0.2) is 12.4 Å². The number of aromatic nitrogens is 2. The van der Waals surface area contributed by atoms with Crippen LogP contribution in [0.25, 0.3) is 0 Å². The van der Waals surface area contributed by atoms with Gasteiger partial charge < -0.3 is 15.0 Å². The molecule has 2 aliphatic rings. The van der Waals surface area contributed by atoms with Crippen LogP contribution in [0.5, 0.6) is 0 Å². The van der Waals surface area contributed by atoms with Crippen LogP contribution >= 0.6 is 0 Å². The maximum atomic E-state index is 6.10. The minimum atomic E-state index is 0.202. The summed E-state index contributed by atoms with van der Waals surface area (Å²) in [7, 11) is 2.06. The maximum Gasteiger partial charge on any atom is 0.108 e. The molecular formula is C14H23N3O. The highest BCUT2D eigenvalue weighted by molar-refractivity contribution is 5.02. The minimum Gasteiger partial charge on any atom is -0.377 e. The summed E-state index contributed by atoms with van der Waals surface area (Å²) in [6.45, 7) is 1.64. The van der Waals surface area contributed by atoms with Gasteiger partial charge >= 0.3 is 0 Å². The molecule has 2 heterocycles. The monoisotopic (exact) mass is 249 g/mol. The smallest absolute Gasteiger partial charge is 0.108 e. The molecule has 4 heteroatoms. The van der Waals surface area contributed by atoms with E-state index in [0.29, 0.717) is 6.10 Å². The number of imidazole rings is 1. The molecule has 1 aliphatic carbocycles. The average molecular weight is 249 g/mol. The Kier molecular flexibility index (Phi) is 3.16. The van der Waals surface area contributed by atoms with Crippen LogP contribution in [0.3, 0.4) is 0 Å². The highest BCUT2D eigenvalue weighted by Gasteiger charge is 2.49. The van der Waals surface area contributed by atoms with Crippen molar-refractivity contribution in [3.63, 3.8) is 0 Å². The molecule has 2 unspecified atom stereocenters. The van der Waals surface area contributed by atoms with Crippen molar-refractivity contribution in [2.45, 2.75) is 38.2 Å². The molecule has 0 aromatic carbocycles. The van der Waals surface area contributed by atoms with Crippen molar-refractivity contribution in [3.8, 4) is 0 Å². The number of nitrogens with two attached hydrogens (primary N) is 1. The van der Waals surface area contributed by atoms with E-state index >= 15 is 0 Å². The molecule has 1 saturated heterocycles. The zero-order valence-corrected chi connectivity index (χ0v) is 11.1. The van der Waals surface area contributed by atoms with Crippen LogP contribution in [0.1, 0.15) is 31.5 Å². The molecule has 0 radical (unpaired) electrons. The molecule has 1 saturated carbocycles. The van der Waals surface area contributed by atoms with Gasteiger partial charge in [-0.2, -0.15) is 0 Å². The standard InChI is InChI=1S/C14H23N3O/c1-17-8-7-16-12(17)4-5-14(10-15)6-9-18-13(14)11-2-3-11/h7-8,11,13H,2-6,9-10,15H2,1H3. The molecule has 100 valence electrons. The third-order valence-corrected chi connectivity index (χ3v) is 4.73. The van der Waals surface area contributed by atoms with Crippen LogP contribution in [0, 0.1) is 11.3 Å². The normalized spacial score (nSPS) is 32.0. The van der Waals surface area contributed by atoms with Crippen LogP contribution in [-0.2, 0) is 18.2 Å². The van der Waals surface area contributed by atoms with Crippen LogP contribution in [0.4, 0.5) is 0 Å². The number of hydrogen-bond acceptors (Lipinski definition) is 3. The summed E-state index contributed by atoms with van der Waals surface area (Å²) in [5.41, 5.74) is 6.30. The first kappa shape index (κ1) is 12.2. The number of ether oxygens (including phenoxy) is 1. The van der Waals surface area contributed by atoms with Crippen LogP contribution in [-0.4, -0.2) is 28.8 Å². The fourth-order valence-electron chi connectivity index (χ4n) is 3.33. The molecule has 18 heavy (non-hydrogen) atoms. The Hall–Kier alpha value is -0.870. The van der Waals surface area contributed by atoms with Gasteiger partial charge in [0.2, 0.25) is 0 Å². The summed E-state index contributed by atoms with van der Waals surface area (Å²) in [6, 6.07) is 0. The van der Waals surface area contributed by atoms with Crippen molar-refractivity contribution in [2.24, 2.45) is 24.1 Å². The van der Waals surface area contributed by atoms with Crippen molar-refractivity contribution in [2.75, 3.05) is 13.2 Å². The third-order valence-electron chi connectivity index (χ3n) is 4.73. The van der Waals surface area contributed by atoms with E-state index in [1.807, 2.05) is 12.4 Å². The summed E-state index contributed by atoms with van der Waals surface area (Å²) in [4.78, 5) is 4.41. The lowest BCUT2D eigenvalue weighted by molar-refractivity contribution is 0.0304. The van der Waals surface area contributed by atoms with Gasteiger partial charge in [-0.25, -0.2) is 4.98 Å². The van der Waals surface area contributed by atoms with E-state index in [0.717, 1.165) is 44.2 Å². The lowest BCUT2D eigenvalue weighted by atomic mass is 9.75. The van der Waals surface area contributed by atoms with E-state index < -0.39 is 0 Å². The van der Waals surface area contributed by atoms with Gasteiger partial charge in [-0.05, 0) is 31.6 Å². The molecule has 2 N–H and O–H groups in total. The largest absolute Gasteiger partial charge is 0.377 e. The zero-order chi connectivity index (χ0) is 12.6. The van der Waals surface area contributed by atoms with E-state index in [2.05, 4.69) is 16.6 Å². The minimum absolute atomic E-state index is 0.202. The lowest BCUT2D eigenvalue weighted by Crippen LogP contribution is -2.40. The Morgan fingerprint density at radius 1 is 1.56 bits per heavy atom. The second-order valence-electron chi connectivity index (χ2n) is 5.90. The molecule has 2 atom stereocenters. The molecule has 1 aromatic rings. The predicted molar refractivity (Wildman–Crippen MR) is 70.1 cm³/mol. The van der Waals surface area contributed by atoms with E-state index in [-0.39, 0.29) is 5.41 Å². The van der Waals surface area contributed by atoms with E-state index in [1.165, 1.54) is 12.8 Å². The third kappa shape index (κ3) is 2.08. The fourth-order valence-corrected chi connectivity index (χ4v) is 3.33. The van der Waals surface area contributed by atoms with Crippen molar-refractivity contribution in [1.29, 1.82) is 0 Å². The van der Waals surface area contributed by atoms with Gasteiger partial charge in [-0.15, -0.1) is 0 Å². The second-order valence-corrected chi connectivity index (χ2v) is 5.90. The number of aryl methyl sites for hydroxylation is 2. The lowest BCUT2D eigenvalue weighted by Gasteiger charge is -2.33. The Morgan fingerprint density at radius 2 is 2.39 bits per heavy atom. The van der Waals surface area contributed by atoms with Gasteiger partial charge in [0, 0.05) is 44.4 Å². The number of rotatable bonds is 5.